The van der Waals surface area contributed by atoms with E-state index in [0.29, 0.717) is 24.5 Å². The van der Waals surface area contributed by atoms with E-state index in [4.69, 9.17) is 11.6 Å². The number of rotatable bonds is 6. The highest BCUT2D eigenvalue weighted by atomic mass is 79.9. The summed E-state index contributed by atoms with van der Waals surface area (Å²) in [4.78, 5) is 11.4. The maximum Gasteiger partial charge on any atom is 0.221 e. The van der Waals surface area contributed by atoms with Gasteiger partial charge in [0.1, 0.15) is 0 Å². The molecule has 0 spiro atoms. The van der Waals surface area contributed by atoms with Crippen LogP contribution in [-0.4, -0.2) is 18.5 Å². The van der Waals surface area contributed by atoms with E-state index < -0.39 is 0 Å². The third kappa shape index (κ3) is 5.85. The van der Waals surface area contributed by atoms with Crippen molar-refractivity contribution in [2.24, 2.45) is 0 Å². The predicted molar refractivity (Wildman–Crippen MR) is 78.8 cm³/mol. The van der Waals surface area contributed by atoms with Crippen LogP contribution in [0.15, 0.2) is 22.7 Å². The number of carbonyl (C=O) groups is 1. The lowest BCUT2D eigenvalue weighted by Gasteiger charge is -2.09. The number of amides is 1. The van der Waals surface area contributed by atoms with E-state index in [2.05, 4.69) is 26.6 Å². The van der Waals surface area contributed by atoms with Gasteiger partial charge < -0.3 is 10.6 Å². The normalized spacial score (nSPS) is 10.7. The molecule has 1 aromatic rings. The largest absolute Gasteiger partial charge is 0.354 e. The quantitative estimate of drug-likeness (QED) is 0.785. The minimum Gasteiger partial charge on any atom is -0.354 e. The van der Waals surface area contributed by atoms with Crippen LogP contribution in [0, 0.1) is 0 Å². The van der Waals surface area contributed by atoms with Gasteiger partial charge in [-0.1, -0.05) is 17.7 Å². The van der Waals surface area contributed by atoms with Crippen LogP contribution in [0.4, 0.5) is 0 Å². The molecule has 3 nitrogen and oxygen atoms in total. The first-order valence-corrected chi connectivity index (χ1v) is 7.10. The van der Waals surface area contributed by atoms with Crippen molar-refractivity contribution >= 4 is 33.4 Å². The Balaban J connectivity index is 2.25. The Morgan fingerprint density at radius 2 is 2.17 bits per heavy atom. The van der Waals surface area contributed by atoms with Gasteiger partial charge in [-0.2, -0.15) is 0 Å². The standard InChI is InChI=1S/C13H18BrClN2O/c1-9(2)17-13(18)5-6-16-8-10-3-4-11(14)12(15)7-10/h3-4,7,9,16H,5-6,8H2,1-2H3,(H,17,18). The first-order valence-electron chi connectivity index (χ1n) is 5.93. The van der Waals surface area contributed by atoms with Crippen LogP contribution in [0.5, 0.6) is 0 Å². The second-order valence-electron chi connectivity index (χ2n) is 4.40. The number of carbonyl (C=O) groups excluding carboxylic acids is 1. The maximum absolute atomic E-state index is 11.4. The second-order valence-corrected chi connectivity index (χ2v) is 5.66. The molecule has 5 heteroatoms. The molecular weight excluding hydrogens is 316 g/mol. The van der Waals surface area contributed by atoms with Gasteiger partial charge in [-0.25, -0.2) is 0 Å². The van der Waals surface area contributed by atoms with Crippen molar-refractivity contribution in [1.29, 1.82) is 0 Å². The molecule has 0 aliphatic carbocycles. The second kappa shape index (κ2) is 7.77. The highest BCUT2D eigenvalue weighted by molar-refractivity contribution is 9.10. The summed E-state index contributed by atoms with van der Waals surface area (Å²) < 4.78 is 0.893. The summed E-state index contributed by atoms with van der Waals surface area (Å²) >= 11 is 9.34. The van der Waals surface area contributed by atoms with Gasteiger partial charge in [0.15, 0.2) is 0 Å². The van der Waals surface area contributed by atoms with Crippen LogP contribution in [0.3, 0.4) is 0 Å². The number of hydrogen-bond donors (Lipinski definition) is 2. The Labute approximate surface area is 121 Å². The van der Waals surface area contributed by atoms with Crippen molar-refractivity contribution in [2.45, 2.75) is 32.9 Å². The summed E-state index contributed by atoms with van der Waals surface area (Å²) in [5.74, 6) is 0.0753. The Morgan fingerprint density at radius 1 is 1.44 bits per heavy atom. The van der Waals surface area contributed by atoms with Crippen LogP contribution in [0.2, 0.25) is 5.02 Å². The molecule has 2 N–H and O–H groups in total. The monoisotopic (exact) mass is 332 g/mol. The number of benzene rings is 1. The summed E-state index contributed by atoms with van der Waals surface area (Å²) in [5.41, 5.74) is 1.10. The van der Waals surface area contributed by atoms with Crippen molar-refractivity contribution in [3.63, 3.8) is 0 Å². The molecule has 0 fully saturated rings. The molecule has 0 atom stereocenters. The van der Waals surface area contributed by atoms with Gasteiger partial charge in [-0.05, 0) is 47.5 Å². The summed E-state index contributed by atoms with van der Waals surface area (Å²) in [6.07, 6.45) is 0.489. The third-order valence-electron chi connectivity index (χ3n) is 2.29. The lowest BCUT2D eigenvalue weighted by molar-refractivity contribution is -0.121. The van der Waals surface area contributed by atoms with Crippen LogP contribution >= 0.6 is 27.5 Å². The SMILES string of the molecule is CC(C)NC(=O)CCNCc1ccc(Br)c(Cl)c1. The molecule has 100 valence electrons. The molecule has 0 radical (unpaired) electrons. The fraction of sp³-hybridized carbons (Fsp3) is 0.462. The van der Waals surface area contributed by atoms with Gasteiger partial charge >= 0.3 is 0 Å². The molecule has 1 amide bonds. The molecule has 0 aliphatic rings. The predicted octanol–water partition coefficient (Wildman–Crippen LogP) is 3.11. The molecular formula is C13H18BrClN2O. The van der Waals surface area contributed by atoms with Crippen LogP contribution in [0.25, 0.3) is 0 Å². The topological polar surface area (TPSA) is 41.1 Å². The molecule has 0 bridgehead atoms. The zero-order valence-electron chi connectivity index (χ0n) is 10.6. The van der Waals surface area contributed by atoms with E-state index in [0.717, 1.165) is 10.0 Å². The Kier molecular flexibility index (Phi) is 6.68. The molecule has 0 aromatic heterocycles. The molecule has 0 aliphatic heterocycles. The van der Waals surface area contributed by atoms with Gasteiger partial charge in [0, 0.05) is 30.0 Å². The fourth-order valence-corrected chi connectivity index (χ4v) is 1.93. The van der Waals surface area contributed by atoms with E-state index >= 15 is 0 Å². The van der Waals surface area contributed by atoms with Crippen molar-refractivity contribution in [1.82, 2.24) is 10.6 Å². The molecule has 0 unspecified atom stereocenters. The fourth-order valence-electron chi connectivity index (χ4n) is 1.48. The minimum atomic E-state index is 0.0753. The Bertz CT molecular complexity index is 410. The average molecular weight is 334 g/mol. The molecule has 0 saturated heterocycles. The molecule has 0 heterocycles. The van der Waals surface area contributed by atoms with Gasteiger partial charge in [0.25, 0.3) is 0 Å². The highest BCUT2D eigenvalue weighted by Crippen LogP contribution is 2.22. The van der Waals surface area contributed by atoms with Crippen LogP contribution in [0.1, 0.15) is 25.8 Å². The summed E-state index contributed by atoms with van der Waals surface area (Å²) in [6.45, 7) is 5.28. The van der Waals surface area contributed by atoms with Gasteiger partial charge in [0.2, 0.25) is 5.91 Å². The first kappa shape index (κ1) is 15.5. The number of halogens is 2. The van der Waals surface area contributed by atoms with Gasteiger partial charge in [0.05, 0.1) is 5.02 Å². The van der Waals surface area contributed by atoms with E-state index in [1.807, 2.05) is 32.0 Å². The smallest absolute Gasteiger partial charge is 0.221 e. The summed E-state index contributed by atoms with van der Waals surface area (Å²) in [6, 6.07) is 6.03. The number of nitrogens with one attached hydrogen (secondary N) is 2. The zero-order valence-corrected chi connectivity index (χ0v) is 12.9. The Morgan fingerprint density at radius 3 is 2.78 bits per heavy atom. The third-order valence-corrected chi connectivity index (χ3v) is 3.52. The van der Waals surface area contributed by atoms with Crippen LogP contribution in [-0.2, 0) is 11.3 Å². The summed E-state index contributed by atoms with van der Waals surface area (Å²) in [5, 5.41) is 6.77. The van der Waals surface area contributed by atoms with Crippen molar-refractivity contribution in [2.75, 3.05) is 6.54 Å². The summed E-state index contributed by atoms with van der Waals surface area (Å²) in [7, 11) is 0. The van der Waals surface area contributed by atoms with E-state index in [9.17, 15) is 4.79 Å². The lowest BCUT2D eigenvalue weighted by Crippen LogP contribution is -2.32. The average Bonchev–Trinajstić information content (AvgIpc) is 2.28. The highest BCUT2D eigenvalue weighted by Gasteiger charge is 2.03. The number of hydrogen-bond acceptors (Lipinski definition) is 2. The molecule has 0 saturated carbocycles. The lowest BCUT2D eigenvalue weighted by atomic mass is 10.2. The van der Waals surface area contributed by atoms with Crippen molar-refractivity contribution < 1.29 is 4.79 Å². The Hall–Kier alpha value is -0.580. The first-order chi connectivity index (χ1) is 8.49. The van der Waals surface area contributed by atoms with E-state index in [-0.39, 0.29) is 11.9 Å². The van der Waals surface area contributed by atoms with Crippen LogP contribution < -0.4 is 10.6 Å². The minimum absolute atomic E-state index is 0.0753. The zero-order chi connectivity index (χ0) is 13.5. The maximum atomic E-state index is 11.4. The van der Waals surface area contributed by atoms with E-state index in [1.54, 1.807) is 0 Å². The van der Waals surface area contributed by atoms with Gasteiger partial charge in [-0.3, -0.25) is 4.79 Å². The van der Waals surface area contributed by atoms with Crippen molar-refractivity contribution in [3.05, 3.63) is 33.3 Å². The molecule has 1 rings (SSSR count). The molecule has 1 aromatic carbocycles. The molecule has 18 heavy (non-hydrogen) atoms. The van der Waals surface area contributed by atoms with E-state index in [1.165, 1.54) is 0 Å². The van der Waals surface area contributed by atoms with Gasteiger partial charge in [-0.15, -0.1) is 0 Å². The van der Waals surface area contributed by atoms with Crippen molar-refractivity contribution in [3.8, 4) is 0 Å².